The van der Waals surface area contributed by atoms with Gasteiger partial charge in [0, 0.05) is 11.6 Å². The molecular formula is C10H9N5O3S. The van der Waals surface area contributed by atoms with Gasteiger partial charge in [-0.1, -0.05) is 11.3 Å². The number of aryl methyl sites for hydroxylation is 1. The number of rotatable bonds is 3. The van der Waals surface area contributed by atoms with Gasteiger partial charge in [0.15, 0.2) is 0 Å². The molecule has 8 nitrogen and oxygen atoms in total. The highest BCUT2D eigenvalue weighted by Gasteiger charge is 2.15. The molecule has 0 unspecified atom stereocenters. The summed E-state index contributed by atoms with van der Waals surface area (Å²) in [4.78, 5) is 21.9. The highest BCUT2D eigenvalue weighted by molar-refractivity contribution is 7.15. The van der Waals surface area contributed by atoms with Crippen LogP contribution in [0.4, 0.5) is 16.5 Å². The van der Waals surface area contributed by atoms with Gasteiger partial charge >= 0.3 is 0 Å². The summed E-state index contributed by atoms with van der Waals surface area (Å²) in [6.07, 6.45) is 0. The van der Waals surface area contributed by atoms with E-state index in [2.05, 4.69) is 15.5 Å². The number of nitro groups is 1. The molecule has 0 fully saturated rings. The van der Waals surface area contributed by atoms with Crippen LogP contribution in [-0.2, 0) is 0 Å². The second kappa shape index (κ2) is 4.98. The molecule has 0 saturated carbocycles. The maximum Gasteiger partial charge on any atom is 0.292 e. The van der Waals surface area contributed by atoms with Crippen molar-refractivity contribution in [2.75, 3.05) is 11.1 Å². The molecule has 0 bridgehead atoms. The number of benzene rings is 1. The molecule has 0 aliphatic rings. The van der Waals surface area contributed by atoms with Crippen molar-refractivity contribution in [2.45, 2.75) is 6.92 Å². The lowest BCUT2D eigenvalue weighted by Gasteiger charge is -2.02. The largest absolute Gasteiger partial charge is 0.393 e. The van der Waals surface area contributed by atoms with E-state index in [1.165, 1.54) is 29.5 Å². The first-order valence-corrected chi connectivity index (χ1v) is 5.94. The number of nitrogens with zero attached hydrogens (tertiary/aromatic N) is 3. The molecule has 0 atom stereocenters. The minimum Gasteiger partial charge on any atom is -0.393 e. The van der Waals surface area contributed by atoms with Crippen molar-refractivity contribution >= 4 is 33.8 Å². The monoisotopic (exact) mass is 279 g/mol. The summed E-state index contributed by atoms with van der Waals surface area (Å²) < 4.78 is 0. The second-order valence-corrected chi connectivity index (χ2v) is 4.79. The van der Waals surface area contributed by atoms with Crippen LogP contribution in [-0.4, -0.2) is 21.0 Å². The Bertz CT molecular complexity index is 654. The molecule has 9 heteroatoms. The molecule has 2 aromatic rings. The minimum absolute atomic E-state index is 0.0638. The van der Waals surface area contributed by atoms with E-state index in [1.54, 1.807) is 6.92 Å². The number of hydrogen-bond acceptors (Lipinski definition) is 7. The van der Waals surface area contributed by atoms with E-state index in [0.29, 0.717) is 5.13 Å². The molecule has 3 N–H and O–H groups in total. The Morgan fingerprint density at radius 3 is 2.74 bits per heavy atom. The van der Waals surface area contributed by atoms with Crippen LogP contribution in [0.3, 0.4) is 0 Å². The number of nitrogen functional groups attached to an aromatic ring is 1. The molecule has 98 valence electrons. The first-order valence-electron chi connectivity index (χ1n) is 5.13. The topological polar surface area (TPSA) is 124 Å². The van der Waals surface area contributed by atoms with Crippen molar-refractivity contribution in [3.63, 3.8) is 0 Å². The number of aromatic nitrogens is 2. The van der Waals surface area contributed by atoms with Crippen LogP contribution in [0.15, 0.2) is 18.2 Å². The molecule has 0 aliphatic carbocycles. The van der Waals surface area contributed by atoms with Crippen molar-refractivity contribution in [3.05, 3.63) is 38.9 Å². The Labute approximate surface area is 111 Å². The van der Waals surface area contributed by atoms with Crippen LogP contribution >= 0.6 is 11.3 Å². The Hall–Kier alpha value is -2.55. The third-order valence-electron chi connectivity index (χ3n) is 2.23. The van der Waals surface area contributed by atoms with Crippen molar-refractivity contribution in [2.24, 2.45) is 0 Å². The third kappa shape index (κ3) is 2.83. The number of nitro benzene ring substituents is 1. The van der Waals surface area contributed by atoms with E-state index in [-0.39, 0.29) is 16.9 Å². The zero-order valence-corrected chi connectivity index (χ0v) is 10.6. The average Bonchev–Trinajstić information content (AvgIpc) is 2.74. The van der Waals surface area contributed by atoms with Gasteiger partial charge in [-0.05, 0) is 19.1 Å². The molecule has 0 radical (unpaired) electrons. The Morgan fingerprint density at radius 1 is 1.47 bits per heavy atom. The van der Waals surface area contributed by atoms with E-state index in [0.717, 1.165) is 5.01 Å². The van der Waals surface area contributed by atoms with Crippen molar-refractivity contribution in [1.82, 2.24) is 10.2 Å². The van der Waals surface area contributed by atoms with Crippen molar-refractivity contribution in [1.29, 1.82) is 0 Å². The van der Waals surface area contributed by atoms with Gasteiger partial charge in [0.25, 0.3) is 11.6 Å². The molecule has 1 aromatic heterocycles. The van der Waals surface area contributed by atoms with Gasteiger partial charge < -0.3 is 5.73 Å². The van der Waals surface area contributed by atoms with Gasteiger partial charge in [0.1, 0.15) is 10.7 Å². The lowest BCUT2D eigenvalue weighted by molar-refractivity contribution is -0.383. The number of amides is 1. The predicted octanol–water partition coefficient (Wildman–Crippen LogP) is 1.59. The molecular weight excluding hydrogens is 270 g/mol. The molecule has 2 rings (SSSR count). The average molecular weight is 279 g/mol. The van der Waals surface area contributed by atoms with E-state index in [9.17, 15) is 14.9 Å². The van der Waals surface area contributed by atoms with E-state index in [4.69, 9.17) is 5.73 Å². The molecule has 19 heavy (non-hydrogen) atoms. The maximum atomic E-state index is 11.9. The highest BCUT2D eigenvalue weighted by atomic mass is 32.1. The summed E-state index contributed by atoms with van der Waals surface area (Å²) in [6, 6.07) is 3.77. The van der Waals surface area contributed by atoms with Crippen LogP contribution in [0.5, 0.6) is 0 Å². The smallest absolute Gasteiger partial charge is 0.292 e. The number of nitrogens with two attached hydrogens (primary N) is 1. The van der Waals surface area contributed by atoms with Gasteiger partial charge in [-0.2, -0.15) is 0 Å². The van der Waals surface area contributed by atoms with E-state index >= 15 is 0 Å². The van der Waals surface area contributed by atoms with Crippen LogP contribution in [0, 0.1) is 17.0 Å². The Balaban J connectivity index is 2.20. The van der Waals surface area contributed by atoms with Crippen LogP contribution in [0.2, 0.25) is 0 Å². The quantitative estimate of drug-likeness (QED) is 0.499. The van der Waals surface area contributed by atoms with E-state index in [1.807, 2.05) is 0 Å². The van der Waals surface area contributed by atoms with Crippen LogP contribution < -0.4 is 11.1 Å². The third-order valence-corrected chi connectivity index (χ3v) is 2.99. The van der Waals surface area contributed by atoms with Gasteiger partial charge in [-0.15, -0.1) is 10.2 Å². The number of nitrogens with one attached hydrogen (secondary N) is 1. The predicted molar refractivity (Wildman–Crippen MR) is 70.1 cm³/mol. The maximum absolute atomic E-state index is 11.9. The summed E-state index contributed by atoms with van der Waals surface area (Å²) in [5.74, 6) is -0.447. The fourth-order valence-corrected chi connectivity index (χ4v) is 1.97. The molecule has 0 saturated heterocycles. The molecule has 1 aromatic carbocycles. The lowest BCUT2D eigenvalue weighted by Crippen LogP contribution is -2.12. The second-order valence-electron chi connectivity index (χ2n) is 3.61. The van der Waals surface area contributed by atoms with Gasteiger partial charge in [0.2, 0.25) is 5.13 Å². The van der Waals surface area contributed by atoms with E-state index < -0.39 is 10.8 Å². The van der Waals surface area contributed by atoms with Crippen LogP contribution in [0.1, 0.15) is 15.4 Å². The number of carbonyl (C=O) groups is 1. The normalized spacial score (nSPS) is 10.2. The van der Waals surface area contributed by atoms with Crippen LogP contribution in [0.25, 0.3) is 0 Å². The van der Waals surface area contributed by atoms with Crippen molar-refractivity contribution < 1.29 is 9.72 Å². The minimum atomic E-state index is -0.606. The summed E-state index contributed by atoms with van der Waals surface area (Å²) >= 11 is 1.23. The Kier molecular flexibility index (Phi) is 3.38. The van der Waals surface area contributed by atoms with Crippen molar-refractivity contribution in [3.8, 4) is 0 Å². The number of hydrogen-bond donors (Lipinski definition) is 2. The zero-order chi connectivity index (χ0) is 14.0. The van der Waals surface area contributed by atoms with Gasteiger partial charge in [-0.25, -0.2) is 0 Å². The summed E-state index contributed by atoms with van der Waals surface area (Å²) in [5.41, 5.74) is 5.43. The zero-order valence-electron chi connectivity index (χ0n) is 9.78. The molecule has 1 amide bonds. The first-order chi connectivity index (χ1) is 8.97. The first kappa shape index (κ1) is 12.9. The standard InChI is InChI=1S/C10H9N5O3S/c1-5-13-14-10(19-5)12-9(16)6-2-3-8(15(17)18)7(11)4-6/h2-4H,11H2,1H3,(H,12,14,16). The fraction of sp³-hybridized carbons (Fsp3) is 0.100. The van der Waals surface area contributed by atoms with Gasteiger partial charge in [0.05, 0.1) is 4.92 Å². The molecule has 0 aliphatic heterocycles. The molecule has 1 heterocycles. The SMILES string of the molecule is Cc1nnc(NC(=O)c2ccc([N+](=O)[O-])c(N)c2)s1. The Morgan fingerprint density at radius 2 is 2.21 bits per heavy atom. The number of anilines is 2. The summed E-state index contributed by atoms with van der Waals surface area (Å²) in [7, 11) is 0. The summed E-state index contributed by atoms with van der Waals surface area (Å²) in [6.45, 7) is 1.76. The van der Waals surface area contributed by atoms with Gasteiger partial charge in [-0.3, -0.25) is 20.2 Å². The summed E-state index contributed by atoms with van der Waals surface area (Å²) in [5, 5.41) is 21.7. The lowest BCUT2D eigenvalue weighted by atomic mass is 10.1. The fourth-order valence-electron chi connectivity index (χ4n) is 1.38. The molecule has 0 spiro atoms. The highest BCUT2D eigenvalue weighted by Crippen LogP contribution is 2.23. The number of carbonyl (C=O) groups excluding carboxylic acids is 1.